The smallest absolute Gasteiger partial charge is 0.274 e. The predicted molar refractivity (Wildman–Crippen MR) is 162 cm³/mol. The molecule has 2 N–H and O–H groups in total. The Morgan fingerprint density at radius 1 is 1.00 bits per heavy atom. The molecule has 200 valence electrons. The van der Waals surface area contributed by atoms with Gasteiger partial charge in [-0.15, -0.1) is 0 Å². The number of methoxy groups -OCH3 is 1. The lowest BCUT2D eigenvalue weighted by molar-refractivity contribution is 0.102. The minimum absolute atomic E-state index is 0.109. The molecular formula is C32H28ClN5O2. The second-order valence-electron chi connectivity index (χ2n) is 9.28. The van der Waals surface area contributed by atoms with Crippen molar-refractivity contribution >= 4 is 51.7 Å². The Hall–Kier alpha value is -4.59. The molecule has 0 radical (unpaired) electrons. The molecule has 0 saturated carbocycles. The second kappa shape index (κ2) is 11.7. The SMILES string of the molecule is C=Cc1cnc2c(Nc3cccc(-c4cccc(NC(=O)c5ccc(C(C)OC)cn5)c4Cl)c3C)nccc2c1. The monoisotopic (exact) mass is 549 g/mol. The third kappa shape index (κ3) is 5.43. The number of nitrogens with one attached hydrogen (secondary N) is 2. The number of ether oxygens (including phenoxy) is 1. The number of halogens is 1. The summed E-state index contributed by atoms with van der Waals surface area (Å²) in [6, 6.07) is 18.9. The first-order valence-electron chi connectivity index (χ1n) is 12.7. The van der Waals surface area contributed by atoms with E-state index in [1.165, 1.54) is 0 Å². The molecule has 3 aromatic heterocycles. The summed E-state index contributed by atoms with van der Waals surface area (Å²) < 4.78 is 5.31. The van der Waals surface area contributed by atoms with Crippen LogP contribution < -0.4 is 10.6 Å². The van der Waals surface area contributed by atoms with Gasteiger partial charge in [-0.1, -0.05) is 54.6 Å². The lowest BCUT2D eigenvalue weighted by Crippen LogP contribution is -2.14. The van der Waals surface area contributed by atoms with Crippen LogP contribution in [0.2, 0.25) is 5.02 Å². The van der Waals surface area contributed by atoms with E-state index in [4.69, 9.17) is 16.3 Å². The van der Waals surface area contributed by atoms with Crippen molar-refractivity contribution in [1.82, 2.24) is 15.0 Å². The summed E-state index contributed by atoms with van der Waals surface area (Å²) in [5.41, 5.74) is 6.92. The zero-order valence-electron chi connectivity index (χ0n) is 22.4. The summed E-state index contributed by atoms with van der Waals surface area (Å²) >= 11 is 6.85. The molecule has 0 fully saturated rings. The van der Waals surface area contributed by atoms with Crippen molar-refractivity contribution in [3.8, 4) is 11.1 Å². The highest BCUT2D eigenvalue weighted by molar-refractivity contribution is 6.36. The van der Waals surface area contributed by atoms with Gasteiger partial charge in [0.05, 0.1) is 16.8 Å². The number of pyridine rings is 3. The Labute approximate surface area is 237 Å². The zero-order valence-corrected chi connectivity index (χ0v) is 23.2. The molecule has 8 heteroatoms. The zero-order chi connectivity index (χ0) is 28.2. The molecule has 5 rings (SSSR count). The standard InChI is InChI=1S/C32H28ClN5O2/c1-5-21-16-22-14-15-34-31(30(22)36-17-21)37-26-10-6-8-24(19(26)2)25-9-7-11-27(29(25)33)38-32(39)28-13-12-23(18-35-28)20(3)40-4/h5-18,20H,1H2,2-4H3,(H,34,37)(H,38,39). The number of fused-ring (bicyclic) bond motifs is 1. The van der Waals surface area contributed by atoms with Crippen molar-refractivity contribution in [1.29, 1.82) is 0 Å². The number of benzene rings is 2. The first-order valence-corrected chi connectivity index (χ1v) is 13.1. The van der Waals surface area contributed by atoms with E-state index in [1.54, 1.807) is 43.9 Å². The number of rotatable bonds is 8. The van der Waals surface area contributed by atoms with Crippen LogP contribution in [0.5, 0.6) is 0 Å². The first-order chi connectivity index (χ1) is 19.4. The van der Waals surface area contributed by atoms with Gasteiger partial charge in [-0.05, 0) is 66.4 Å². The Bertz CT molecular complexity index is 1720. The number of hydrogen-bond acceptors (Lipinski definition) is 6. The maximum atomic E-state index is 12.9. The topological polar surface area (TPSA) is 89.0 Å². The Kier molecular flexibility index (Phi) is 7.86. The van der Waals surface area contributed by atoms with Crippen LogP contribution in [0.1, 0.15) is 40.2 Å². The number of aromatic nitrogens is 3. The van der Waals surface area contributed by atoms with Crippen LogP contribution in [0.4, 0.5) is 17.2 Å². The third-order valence-electron chi connectivity index (χ3n) is 6.82. The van der Waals surface area contributed by atoms with Crippen LogP contribution in [0.15, 0.2) is 85.8 Å². The minimum atomic E-state index is -0.350. The number of carbonyl (C=O) groups excluding carboxylic acids is 1. The molecule has 1 unspecified atom stereocenters. The van der Waals surface area contributed by atoms with Gasteiger partial charge in [-0.25, -0.2) is 4.98 Å². The van der Waals surface area contributed by atoms with Crippen molar-refractivity contribution in [3.05, 3.63) is 113 Å². The normalized spacial score (nSPS) is 11.7. The molecule has 0 aliphatic rings. The third-order valence-corrected chi connectivity index (χ3v) is 7.23. The van der Waals surface area contributed by atoms with E-state index < -0.39 is 0 Å². The molecule has 0 spiro atoms. The summed E-state index contributed by atoms with van der Waals surface area (Å²) in [6.07, 6.45) is 6.82. The number of hydrogen-bond donors (Lipinski definition) is 2. The largest absolute Gasteiger partial charge is 0.377 e. The van der Waals surface area contributed by atoms with Crippen LogP contribution in [0.25, 0.3) is 28.1 Å². The van der Waals surface area contributed by atoms with Gasteiger partial charge in [0, 0.05) is 42.3 Å². The van der Waals surface area contributed by atoms with Gasteiger partial charge in [0.15, 0.2) is 5.82 Å². The van der Waals surface area contributed by atoms with Gasteiger partial charge in [-0.3, -0.25) is 14.8 Å². The number of nitrogens with zero attached hydrogens (tertiary/aromatic N) is 3. The van der Waals surface area contributed by atoms with E-state index in [9.17, 15) is 4.79 Å². The van der Waals surface area contributed by atoms with E-state index in [0.29, 0.717) is 16.5 Å². The molecule has 0 bridgehead atoms. The Morgan fingerprint density at radius 3 is 2.50 bits per heavy atom. The predicted octanol–water partition coefficient (Wildman–Crippen LogP) is 8.00. The van der Waals surface area contributed by atoms with Gasteiger partial charge in [0.2, 0.25) is 0 Å². The molecule has 2 aromatic carbocycles. The van der Waals surface area contributed by atoms with Crippen LogP contribution in [-0.4, -0.2) is 28.0 Å². The molecule has 1 atom stereocenters. The van der Waals surface area contributed by atoms with Gasteiger partial charge in [0.25, 0.3) is 5.91 Å². The molecule has 3 heterocycles. The molecule has 1 amide bonds. The molecule has 0 aliphatic heterocycles. The molecule has 40 heavy (non-hydrogen) atoms. The average molecular weight is 550 g/mol. The number of anilines is 3. The summed E-state index contributed by atoms with van der Waals surface area (Å²) in [5.74, 6) is 0.302. The highest BCUT2D eigenvalue weighted by Gasteiger charge is 2.16. The fourth-order valence-electron chi connectivity index (χ4n) is 4.41. The first kappa shape index (κ1) is 27.0. The van der Waals surface area contributed by atoms with Crippen molar-refractivity contribution < 1.29 is 9.53 Å². The molecule has 0 aliphatic carbocycles. The van der Waals surface area contributed by atoms with Crippen LogP contribution >= 0.6 is 11.6 Å². The minimum Gasteiger partial charge on any atom is -0.377 e. The Balaban J connectivity index is 1.42. The summed E-state index contributed by atoms with van der Waals surface area (Å²) in [4.78, 5) is 26.3. The quantitative estimate of drug-likeness (QED) is 0.204. The molecular weight excluding hydrogens is 522 g/mol. The summed E-state index contributed by atoms with van der Waals surface area (Å²) in [7, 11) is 1.63. The van der Waals surface area contributed by atoms with Crippen LogP contribution in [0, 0.1) is 6.92 Å². The maximum absolute atomic E-state index is 12.9. The van der Waals surface area contributed by atoms with Crippen molar-refractivity contribution in [2.24, 2.45) is 0 Å². The lowest BCUT2D eigenvalue weighted by atomic mass is 9.98. The van der Waals surface area contributed by atoms with E-state index in [2.05, 4.69) is 32.2 Å². The van der Waals surface area contributed by atoms with E-state index >= 15 is 0 Å². The van der Waals surface area contributed by atoms with Gasteiger partial charge >= 0.3 is 0 Å². The van der Waals surface area contributed by atoms with E-state index in [0.717, 1.165) is 44.4 Å². The highest BCUT2D eigenvalue weighted by atomic mass is 35.5. The summed E-state index contributed by atoms with van der Waals surface area (Å²) in [6.45, 7) is 7.76. The average Bonchev–Trinajstić information content (AvgIpc) is 2.99. The molecule has 5 aromatic rings. The number of carbonyl (C=O) groups is 1. The van der Waals surface area contributed by atoms with Crippen molar-refractivity contribution in [2.75, 3.05) is 17.7 Å². The number of amides is 1. The fourth-order valence-corrected chi connectivity index (χ4v) is 4.68. The molecule has 7 nitrogen and oxygen atoms in total. The van der Waals surface area contributed by atoms with E-state index in [-0.39, 0.29) is 17.7 Å². The highest BCUT2D eigenvalue weighted by Crippen LogP contribution is 2.38. The van der Waals surface area contributed by atoms with Crippen molar-refractivity contribution in [3.63, 3.8) is 0 Å². The molecule has 0 saturated heterocycles. The van der Waals surface area contributed by atoms with Crippen molar-refractivity contribution in [2.45, 2.75) is 20.0 Å². The van der Waals surface area contributed by atoms with Gasteiger partial charge in [-0.2, -0.15) is 0 Å². The van der Waals surface area contributed by atoms with Crippen LogP contribution in [-0.2, 0) is 4.74 Å². The van der Waals surface area contributed by atoms with Gasteiger partial charge in [0.1, 0.15) is 11.2 Å². The second-order valence-corrected chi connectivity index (χ2v) is 9.66. The Morgan fingerprint density at radius 2 is 1.77 bits per heavy atom. The van der Waals surface area contributed by atoms with Crippen LogP contribution in [0.3, 0.4) is 0 Å². The summed E-state index contributed by atoms with van der Waals surface area (Å²) in [5, 5.41) is 7.73. The van der Waals surface area contributed by atoms with Gasteiger partial charge < -0.3 is 15.4 Å². The fraction of sp³-hybridized carbons (Fsp3) is 0.125. The maximum Gasteiger partial charge on any atom is 0.274 e. The lowest BCUT2D eigenvalue weighted by Gasteiger charge is -2.16. The van der Waals surface area contributed by atoms with E-state index in [1.807, 2.05) is 62.4 Å².